The van der Waals surface area contributed by atoms with Crippen molar-refractivity contribution in [3.8, 4) is 0 Å². The Bertz CT molecular complexity index is 484. The minimum absolute atomic E-state index is 0.106. The molecule has 0 amide bonds. The quantitative estimate of drug-likeness (QED) is 0.729. The van der Waals surface area contributed by atoms with E-state index in [0.29, 0.717) is 29.8 Å². The number of halogens is 1. The first-order valence-electron chi connectivity index (χ1n) is 7.25. The summed E-state index contributed by atoms with van der Waals surface area (Å²) in [6.07, 6.45) is 3.70. The fourth-order valence-electron chi connectivity index (χ4n) is 2.26. The van der Waals surface area contributed by atoms with Crippen molar-refractivity contribution >= 4 is 21.9 Å². The Kier molecular flexibility index (Phi) is 6.20. The Morgan fingerprint density at radius 3 is 3.00 bits per heavy atom. The minimum Gasteiger partial charge on any atom is -0.461 e. The normalized spacial score (nSPS) is 18.7. The zero-order valence-electron chi connectivity index (χ0n) is 12.4. The predicted octanol–water partition coefficient (Wildman–Crippen LogP) is 2.45. The molecule has 1 fully saturated rings. The highest BCUT2D eigenvalue weighted by molar-refractivity contribution is 9.10. The lowest BCUT2D eigenvalue weighted by molar-refractivity contribution is -0.161. The van der Waals surface area contributed by atoms with Crippen molar-refractivity contribution in [1.82, 2.24) is 9.78 Å². The highest BCUT2D eigenvalue weighted by Crippen LogP contribution is 2.23. The van der Waals surface area contributed by atoms with E-state index < -0.39 is 0 Å². The Morgan fingerprint density at radius 1 is 1.52 bits per heavy atom. The Labute approximate surface area is 132 Å². The van der Waals surface area contributed by atoms with Gasteiger partial charge < -0.3 is 14.2 Å². The molecule has 1 aromatic heterocycles. The molecule has 21 heavy (non-hydrogen) atoms. The maximum Gasteiger partial charge on any atom is 0.357 e. The van der Waals surface area contributed by atoms with Crippen LogP contribution in [0.5, 0.6) is 0 Å². The number of carbonyl (C=O) groups excluding carboxylic acids is 1. The fraction of sp³-hybridized carbons (Fsp3) is 0.714. The summed E-state index contributed by atoms with van der Waals surface area (Å²) < 4.78 is 18.4. The van der Waals surface area contributed by atoms with Gasteiger partial charge in [0.25, 0.3) is 0 Å². The topological polar surface area (TPSA) is 62.6 Å². The molecule has 1 aliphatic heterocycles. The summed E-state index contributed by atoms with van der Waals surface area (Å²) in [5, 5.41) is 4.34. The molecule has 2 rings (SSSR count). The number of ether oxygens (including phenoxy) is 3. The molecule has 1 saturated heterocycles. The molecule has 0 radical (unpaired) electrons. The summed E-state index contributed by atoms with van der Waals surface area (Å²) in [6.45, 7) is 3.41. The Hall–Kier alpha value is -0.920. The van der Waals surface area contributed by atoms with Gasteiger partial charge >= 0.3 is 5.97 Å². The van der Waals surface area contributed by atoms with Gasteiger partial charge in [-0.2, -0.15) is 5.10 Å². The second kappa shape index (κ2) is 7.91. The molecule has 1 atom stereocenters. The van der Waals surface area contributed by atoms with Crippen LogP contribution < -0.4 is 0 Å². The van der Waals surface area contributed by atoms with Gasteiger partial charge in [-0.15, -0.1) is 0 Å². The second-order valence-electron chi connectivity index (χ2n) is 4.87. The molecule has 6 nitrogen and oxygen atoms in total. The Morgan fingerprint density at radius 2 is 2.33 bits per heavy atom. The first-order chi connectivity index (χ1) is 10.1. The predicted molar refractivity (Wildman–Crippen MR) is 80.1 cm³/mol. The maximum absolute atomic E-state index is 11.9. The van der Waals surface area contributed by atoms with Crippen molar-refractivity contribution in [2.75, 3.05) is 19.8 Å². The summed E-state index contributed by atoms with van der Waals surface area (Å²) in [5.74, 6) is -0.373. The number of aryl methyl sites for hydroxylation is 1. The van der Waals surface area contributed by atoms with Gasteiger partial charge in [-0.1, -0.05) is 0 Å². The molecule has 118 valence electrons. The largest absolute Gasteiger partial charge is 0.461 e. The van der Waals surface area contributed by atoms with E-state index in [9.17, 15) is 4.79 Å². The number of esters is 1. The zero-order valence-corrected chi connectivity index (χ0v) is 14.0. The van der Waals surface area contributed by atoms with Gasteiger partial charge in [0.2, 0.25) is 0 Å². The van der Waals surface area contributed by atoms with Crippen LogP contribution in [0.3, 0.4) is 0 Å². The lowest BCUT2D eigenvalue weighted by Gasteiger charge is -2.22. The second-order valence-corrected chi connectivity index (χ2v) is 5.66. The molecule has 0 N–H and O–H groups in total. The van der Waals surface area contributed by atoms with Gasteiger partial charge in [0.15, 0.2) is 12.0 Å². The molecule has 0 bridgehead atoms. The number of hydrogen-bond acceptors (Lipinski definition) is 5. The van der Waals surface area contributed by atoms with Crippen LogP contribution in [-0.4, -0.2) is 41.9 Å². The monoisotopic (exact) mass is 360 g/mol. The van der Waals surface area contributed by atoms with Gasteiger partial charge in [-0.05, 0) is 42.1 Å². The molecule has 0 aliphatic carbocycles. The summed E-state index contributed by atoms with van der Waals surface area (Å²) in [7, 11) is 1.73. The zero-order chi connectivity index (χ0) is 15.2. The standard InChI is InChI=1S/C14H21BrN2O4/c1-3-19-14(18)13-12(15)10(16-17(13)2)7-9-21-11-6-4-5-8-20-11/h11H,3-9H2,1-2H3. The molecule has 0 spiro atoms. The Balaban J connectivity index is 1.91. The van der Waals surface area contributed by atoms with Crippen LogP contribution in [0.4, 0.5) is 0 Å². The number of carbonyl (C=O) groups is 1. The highest BCUT2D eigenvalue weighted by atomic mass is 79.9. The van der Waals surface area contributed by atoms with Crippen molar-refractivity contribution in [3.63, 3.8) is 0 Å². The third-order valence-electron chi connectivity index (χ3n) is 3.30. The van der Waals surface area contributed by atoms with Crippen LogP contribution >= 0.6 is 15.9 Å². The smallest absolute Gasteiger partial charge is 0.357 e. The molecule has 7 heteroatoms. The third-order valence-corrected chi connectivity index (χ3v) is 4.14. The number of aromatic nitrogens is 2. The van der Waals surface area contributed by atoms with E-state index in [-0.39, 0.29) is 12.3 Å². The molecule has 0 saturated carbocycles. The van der Waals surface area contributed by atoms with E-state index in [0.717, 1.165) is 31.6 Å². The lowest BCUT2D eigenvalue weighted by atomic mass is 10.2. The van der Waals surface area contributed by atoms with E-state index in [1.54, 1.807) is 14.0 Å². The van der Waals surface area contributed by atoms with Crippen molar-refractivity contribution in [1.29, 1.82) is 0 Å². The van der Waals surface area contributed by atoms with Crippen LogP contribution in [0.15, 0.2) is 4.47 Å². The highest BCUT2D eigenvalue weighted by Gasteiger charge is 2.21. The third kappa shape index (κ3) is 4.28. The van der Waals surface area contributed by atoms with Crippen molar-refractivity contribution < 1.29 is 19.0 Å². The van der Waals surface area contributed by atoms with Crippen molar-refractivity contribution in [2.24, 2.45) is 7.05 Å². The molecular weight excluding hydrogens is 340 g/mol. The maximum atomic E-state index is 11.9. The lowest BCUT2D eigenvalue weighted by Crippen LogP contribution is -2.23. The van der Waals surface area contributed by atoms with E-state index in [4.69, 9.17) is 14.2 Å². The van der Waals surface area contributed by atoms with Crippen LogP contribution in [0.25, 0.3) is 0 Å². The van der Waals surface area contributed by atoms with Crippen LogP contribution in [0, 0.1) is 0 Å². The van der Waals surface area contributed by atoms with Gasteiger partial charge in [-0.25, -0.2) is 4.79 Å². The van der Waals surface area contributed by atoms with E-state index in [2.05, 4.69) is 21.0 Å². The SMILES string of the molecule is CCOC(=O)c1c(Br)c(CCOC2CCCCO2)nn1C. The summed E-state index contributed by atoms with van der Waals surface area (Å²) in [5.41, 5.74) is 1.22. The first-order valence-corrected chi connectivity index (χ1v) is 8.04. The molecular formula is C14H21BrN2O4. The van der Waals surface area contributed by atoms with Gasteiger partial charge in [-0.3, -0.25) is 4.68 Å². The minimum atomic E-state index is -0.373. The van der Waals surface area contributed by atoms with Crippen molar-refractivity contribution in [2.45, 2.75) is 38.9 Å². The van der Waals surface area contributed by atoms with Gasteiger partial charge in [0, 0.05) is 20.1 Å². The van der Waals surface area contributed by atoms with Gasteiger partial charge in [0.05, 0.1) is 23.4 Å². The average Bonchev–Trinajstić information content (AvgIpc) is 2.75. The average molecular weight is 361 g/mol. The van der Waals surface area contributed by atoms with E-state index in [1.807, 2.05) is 0 Å². The van der Waals surface area contributed by atoms with Crippen LogP contribution in [0.1, 0.15) is 42.4 Å². The number of hydrogen-bond donors (Lipinski definition) is 0. The molecule has 2 heterocycles. The molecule has 0 aromatic carbocycles. The van der Waals surface area contributed by atoms with Crippen molar-refractivity contribution in [3.05, 3.63) is 15.9 Å². The van der Waals surface area contributed by atoms with E-state index >= 15 is 0 Å². The van der Waals surface area contributed by atoms with E-state index in [1.165, 1.54) is 4.68 Å². The number of nitrogens with zero attached hydrogens (tertiary/aromatic N) is 2. The van der Waals surface area contributed by atoms with Gasteiger partial charge in [0.1, 0.15) is 0 Å². The molecule has 1 unspecified atom stereocenters. The summed E-state index contributed by atoms with van der Waals surface area (Å²) in [6, 6.07) is 0. The summed E-state index contributed by atoms with van der Waals surface area (Å²) in [4.78, 5) is 11.9. The molecule has 1 aromatic rings. The first kappa shape index (κ1) is 16.5. The fourth-order valence-corrected chi connectivity index (χ4v) is 2.96. The summed E-state index contributed by atoms with van der Waals surface area (Å²) >= 11 is 3.43. The molecule has 1 aliphatic rings. The number of rotatable bonds is 6. The van der Waals surface area contributed by atoms with Crippen LogP contribution in [-0.2, 0) is 27.7 Å². The van der Waals surface area contributed by atoms with Crippen LogP contribution in [0.2, 0.25) is 0 Å².